The zero-order chi connectivity index (χ0) is 13.8. The van der Waals surface area contributed by atoms with E-state index in [1.807, 2.05) is 13.0 Å². The van der Waals surface area contributed by atoms with E-state index < -0.39 is 0 Å². The Balaban J connectivity index is 2.34. The lowest BCUT2D eigenvalue weighted by molar-refractivity contribution is 0.572. The predicted octanol–water partition coefficient (Wildman–Crippen LogP) is 3.48. The largest absolute Gasteiger partial charge is 0.366 e. The minimum Gasteiger partial charge on any atom is -0.366 e. The molecule has 19 heavy (non-hydrogen) atoms. The first-order valence-electron chi connectivity index (χ1n) is 7.43. The van der Waals surface area contributed by atoms with E-state index in [0.717, 1.165) is 24.2 Å². The van der Waals surface area contributed by atoms with E-state index in [-0.39, 0.29) is 11.9 Å². The Labute approximate surface area is 115 Å². The normalized spacial score (nSPS) is 17.7. The quantitative estimate of drug-likeness (QED) is 0.882. The van der Waals surface area contributed by atoms with Crippen molar-refractivity contribution in [1.82, 2.24) is 0 Å². The molecule has 2 rings (SSSR count). The van der Waals surface area contributed by atoms with Crippen LogP contribution in [0.25, 0.3) is 0 Å². The van der Waals surface area contributed by atoms with Crippen molar-refractivity contribution in [2.75, 3.05) is 11.4 Å². The van der Waals surface area contributed by atoms with Gasteiger partial charge in [-0.1, -0.05) is 25.0 Å². The molecule has 0 heterocycles. The molecular weight excluding hydrogens is 239 g/mol. The van der Waals surface area contributed by atoms with Crippen LogP contribution < -0.4 is 10.6 Å². The van der Waals surface area contributed by atoms with Gasteiger partial charge < -0.3 is 10.6 Å². The van der Waals surface area contributed by atoms with E-state index in [1.54, 1.807) is 12.1 Å². The van der Waals surface area contributed by atoms with Crippen molar-refractivity contribution in [2.45, 2.75) is 58.0 Å². The number of anilines is 1. The van der Waals surface area contributed by atoms with Gasteiger partial charge in [0.2, 0.25) is 0 Å². The van der Waals surface area contributed by atoms with Crippen LogP contribution in [0.1, 0.15) is 45.1 Å². The summed E-state index contributed by atoms with van der Waals surface area (Å²) in [5, 5.41) is 0. The molecule has 0 aromatic heterocycles. The minimum atomic E-state index is -0.105. The van der Waals surface area contributed by atoms with Gasteiger partial charge in [0.15, 0.2) is 0 Å². The van der Waals surface area contributed by atoms with E-state index in [2.05, 4.69) is 11.8 Å². The first-order chi connectivity index (χ1) is 9.13. The van der Waals surface area contributed by atoms with Gasteiger partial charge in [-0.3, -0.25) is 0 Å². The molecule has 0 bridgehead atoms. The molecule has 2 nitrogen and oxygen atoms in total. The average molecular weight is 264 g/mol. The van der Waals surface area contributed by atoms with Gasteiger partial charge in [-0.05, 0) is 44.7 Å². The molecule has 2 N–H and O–H groups in total. The highest BCUT2D eigenvalue weighted by molar-refractivity contribution is 5.56. The van der Waals surface area contributed by atoms with Gasteiger partial charge in [0, 0.05) is 18.6 Å². The van der Waals surface area contributed by atoms with Gasteiger partial charge in [-0.2, -0.15) is 0 Å². The van der Waals surface area contributed by atoms with Crippen LogP contribution in [0.4, 0.5) is 10.1 Å². The van der Waals surface area contributed by atoms with Crippen LogP contribution in [0.2, 0.25) is 0 Å². The maximum absolute atomic E-state index is 14.3. The van der Waals surface area contributed by atoms with Gasteiger partial charge in [0.25, 0.3) is 0 Å². The number of hydrogen-bond acceptors (Lipinski definition) is 2. The third-order valence-corrected chi connectivity index (χ3v) is 4.01. The lowest BCUT2D eigenvalue weighted by atomic mass is 10.0. The van der Waals surface area contributed by atoms with Crippen molar-refractivity contribution in [1.29, 1.82) is 0 Å². The molecule has 1 fully saturated rings. The second kappa shape index (κ2) is 6.38. The van der Waals surface area contributed by atoms with Crippen LogP contribution in [0, 0.1) is 5.82 Å². The smallest absolute Gasteiger partial charge is 0.146 e. The molecule has 0 aliphatic heterocycles. The monoisotopic (exact) mass is 264 g/mol. The topological polar surface area (TPSA) is 29.3 Å². The molecule has 1 atom stereocenters. The van der Waals surface area contributed by atoms with Crippen molar-refractivity contribution in [2.24, 2.45) is 5.73 Å². The molecule has 1 aliphatic carbocycles. The van der Waals surface area contributed by atoms with Gasteiger partial charge in [-0.15, -0.1) is 0 Å². The minimum absolute atomic E-state index is 0.0582. The molecule has 1 aliphatic rings. The van der Waals surface area contributed by atoms with Crippen molar-refractivity contribution in [3.63, 3.8) is 0 Å². The number of hydrogen-bond donors (Lipinski definition) is 1. The number of nitrogens with zero attached hydrogens (tertiary/aromatic N) is 1. The summed E-state index contributed by atoms with van der Waals surface area (Å²) in [7, 11) is 0. The van der Waals surface area contributed by atoms with E-state index in [4.69, 9.17) is 5.73 Å². The highest BCUT2D eigenvalue weighted by Crippen LogP contribution is 2.32. The molecular formula is C16H25FN2. The highest BCUT2D eigenvalue weighted by atomic mass is 19.1. The van der Waals surface area contributed by atoms with Gasteiger partial charge in [0.1, 0.15) is 5.82 Å². The summed E-state index contributed by atoms with van der Waals surface area (Å²) in [6, 6.07) is 5.92. The molecule has 1 unspecified atom stereocenters. The van der Waals surface area contributed by atoms with E-state index in [0.29, 0.717) is 6.04 Å². The summed E-state index contributed by atoms with van der Waals surface area (Å²) in [5.74, 6) is -0.105. The fourth-order valence-electron chi connectivity index (χ4n) is 3.21. The molecule has 0 saturated heterocycles. The Hall–Kier alpha value is -1.09. The molecule has 1 saturated carbocycles. The molecule has 1 aromatic rings. The summed E-state index contributed by atoms with van der Waals surface area (Å²) in [6.45, 7) is 4.94. The van der Waals surface area contributed by atoms with E-state index in [9.17, 15) is 4.39 Å². The fraction of sp³-hybridized carbons (Fsp3) is 0.625. The standard InChI is InChI=1S/C16H25FN2/c1-3-19(14-8-4-5-9-14)16-13(11-12(2)18)7-6-10-15(16)17/h6-7,10,12,14H,3-5,8-9,11,18H2,1-2H3. The van der Waals surface area contributed by atoms with E-state index >= 15 is 0 Å². The second-order valence-corrected chi connectivity index (χ2v) is 5.65. The Kier molecular flexibility index (Phi) is 4.81. The summed E-state index contributed by atoms with van der Waals surface area (Å²) in [4.78, 5) is 2.25. The number of halogens is 1. The zero-order valence-corrected chi connectivity index (χ0v) is 12.0. The summed E-state index contributed by atoms with van der Waals surface area (Å²) >= 11 is 0. The van der Waals surface area contributed by atoms with Crippen LogP contribution in [-0.4, -0.2) is 18.6 Å². The van der Waals surface area contributed by atoms with E-state index in [1.165, 1.54) is 25.7 Å². The van der Waals surface area contributed by atoms with Gasteiger partial charge >= 0.3 is 0 Å². The molecule has 0 radical (unpaired) electrons. The second-order valence-electron chi connectivity index (χ2n) is 5.65. The SMILES string of the molecule is CCN(c1c(F)cccc1CC(C)N)C1CCCC1. The van der Waals surface area contributed by atoms with Crippen molar-refractivity contribution >= 4 is 5.69 Å². The summed E-state index contributed by atoms with van der Waals surface area (Å²) < 4.78 is 14.3. The van der Waals surface area contributed by atoms with Crippen LogP contribution >= 0.6 is 0 Å². The summed E-state index contributed by atoms with van der Waals surface area (Å²) in [6.07, 6.45) is 5.62. The third kappa shape index (κ3) is 3.27. The van der Waals surface area contributed by atoms with Crippen LogP contribution in [-0.2, 0) is 6.42 Å². The number of para-hydroxylation sites is 1. The number of nitrogens with two attached hydrogens (primary N) is 1. The third-order valence-electron chi connectivity index (χ3n) is 4.01. The molecule has 0 spiro atoms. The molecule has 0 amide bonds. The Morgan fingerprint density at radius 3 is 2.63 bits per heavy atom. The maximum Gasteiger partial charge on any atom is 0.146 e. The number of benzene rings is 1. The molecule has 1 aromatic carbocycles. The first kappa shape index (κ1) is 14.3. The van der Waals surface area contributed by atoms with Crippen molar-refractivity contribution in [3.05, 3.63) is 29.6 Å². The van der Waals surface area contributed by atoms with Gasteiger partial charge in [-0.25, -0.2) is 4.39 Å². The average Bonchev–Trinajstić information content (AvgIpc) is 2.86. The van der Waals surface area contributed by atoms with Crippen molar-refractivity contribution < 1.29 is 4.39 Å². The Morgan fingerprint density at radius 1 is 1.37 bits per heavy atom. The lowest BCUT2D eigenvalue weighted by Crippen LogP contribution is -2.35. The van der Waals surface area contributed by atoms with Crippen LogP contribution in [0.15, 0.2) is 18.2 Å². The summed E-state index contributed by atoms with van der Waals surface area (Å²) in [5.41, 5.74) is 7.73. The highest BCUT2D eigenvalue weighted by Gasteiger charge is 2.25. The Bertz CT molecular complexity index is 411. The van der Waals surface area contributed by atoms with Gasteiger partial charge in [0.05, 0.1) is 5.69 Å². The molecule has 3 heteroatoms. The van der Waals surface area contributed by atoms with Crippen LogP contribution in [0.5, 0.6) is 0 Å². The van der Waals surface area contributed by atoms with Crippen LogP contribution in [0.3, 0.4) is 0 Å². The first-order valence-corrected chi connectivity index (χ1v) is 7.43. The maximum atomic E-state index is 14.3. The zero-order valence-electron chi connectivity index (χ0n) is 12.0. The predicted molar refractivity (Wildman–Crippen MR) is 79.0 cm³/mol. The Morgan fingerprint density at radius 2 is 2.05 bits per heavy atom. The number of rotatable bonds is 5. The molecule has 106 valence electrons. The van der Waals surface area contributed by atoms with Crippen molar-refractivity contribution in [3.8, 4) is 0 Å². The fourth-order valence-corrected chi connectivity index (χ4v) is 3.21. The lowest BCUT2D eigenvalue weighted by Gasteiger charge is -2.32.